The molecule has 0 N–H and O–H groups in total. The van der Waals surface area contributed by atoms with Crippen LogP contribution in [-0.2, 0) is 24.0 Å². The summed E-state index contributed by atoms with van der Waals surface area (Å²) in [5.41, 5.74) is 0. The summed E-state index contributed by atoms with van der Waals surface area (Å²) >= 11 is 0. The van der Waals surface area contributed by atoms with Gasteiger partial charge in [0.05, 0.1) is 6.61 Å². The zero-order valence-corrected chi connectivity index (χ0v) is 11.7. The van der Waals surface area contributed by atoms with Gasteiger partial charge >= 0.3 is 29.6 Å². The minimum absolute atomic E-state index is 0. The molecule has 0 spiro atoms. The first-order valence-electron chi connectivity index (χ1n) is 7.12. The first kappa shape index (κ1) is 19.0. The van der Waals surface area contributed by atoms with Gasteiger partial charge in [-0.1, -0.05) is 12.8 Å². The number of rotatable bonds is 8. The van der Waals surface area contributed by atoms with Crippen LogP contribution in [0.25, 0.3) is 0 Å². The predicted molar refractivity (Wildman–Crippen MR) is 78.5 cm³/mol. The molecule has 22 heavy (non-hydrogen) atoms. The Bertz CT molecular complexity index is 452. The molecular weight excluding hydrogens is 299 g/mol. The van der Waals surface area contributed by atoms with Crippen molar-refractivity contribution in [2.75, 3.05) is 13.2 Å². The molecule has 0 aliphatic carbocycles. The number of hydrogen-bond donors (Lipinski definition) is 0. The van der Waals surface area contributed by atoms with Crippen LogP contribution in [-0.4, -0.2) is 76.3 Å². The van der Waals surface area contributed by atoms with Crippen molar-refractivity contribution < 1.29 is 24.0 Å². The fourth-order valence-corrected chi connectivity index (χ4v) is 2.23. The van der Waals surface area contributed by atoms with E-state index < -0.39 is 0 Å². The summed E-state index contributed by atoms with van der Waals surface area (Å²) in [4.78, 5) is 51.5. The number of unbranched alkanes of at least 4 members (excludes halogenated alkanes) is 3. The fraction of sp³-hybridized carbons (Fsp3) is 0.571. The van der Waals surface area contributed by atoms with Crippen LogP contribution in [0.2, 0.25) is 0 Å². The summed E-state index contributed by atoms with van der Waals surface area (Å²) in [5.74, 6) is -1.07. The summed E-state index contributed by atoms with van der Waals surface area (Å²) < 4.78 is 0. The number of hydrogen-bond acceptors (Lipinski definition) is 5. The monoisotopic (exact) mass is 318 g/mol. The molecule has 2 rings (SSSR count). The van der Waals surface area contributed by atoms with Crippen LogP contribution in [0.5, 0.6) is 0 Å². The Hall–Kier alpha value is -1.02. The van der Waals surface area contributed by atoms with Gasteiger partial charge in [0.25, 0.3) is 23.6 Å². The number of imide groups is 2. The number of nitrogens with zero attached hydrogens (tertiary/aromatic N) is 2. The first-order valence-corrected chi connectivity index (χ1v) is 7.12. The van der Waals surface area contributed by atoms with Crippen LogP contribution in [0.1, 0.15) is 38.5 Å². The molecule has 0 aromatic rings. The van der Waals surface area contributed by atoms with E-state index >= 15 is 0 Å². The molecule has 2 aliphatic heterocycles. The van der Waals surface area contributed by atoms with Crippen molar-refractivity contribution in [3.8, 4) is 0 Å². The Labute approximate surface area is 150 Å². The molecule has 7 nitrogen and oxygen atoms in total. The van der Waals surface area contributed by atoms with E-state index in [1.807, 2.05) is 0 Å². The van der Waals surface area contributed by atoms with Gasteiger partial charge in [0, 0.05) is 31.5 Å². The quantitative estimate of drug-likeness (QED) is 0.355. The maximum atomic E-state index is 11.3. The zero-order valence-electron chi connectivity index (χ0n) is 11.7. The molecule has 2 heterocycles. The summed E-state index contributed by atoms with van der Waals surface area (Å²) in [6.45, 7) is 0.745. The van der Waals surface area contributed by atoms with Gasteiger partial charge in [-0.25, -0.2) is 0 Å². The summed E-state index contributed by atoms with van der Waals surface area (Å²) in [6, 6.07) is 0. The van der Waals surface area contributed by atoms with Crippen molar-refractivity contribution in [2.24, 2.45) is 0 Å². The second-order valence-electron chi connectivity index (χ2n) is 4.99. The summed E-state index contributed by atoms with van der Waals surface area (Å²) in [6.07, 6.45) is 6.16. The standard InChI is InChI=1S/C14H18N2O5.Na.H/c17-11-5-6-12(18)15(11)9-3-1-2-4-10-21-16-13(19)7-8-14(16)20;;/h5-6H,1-4,7-10H2;;. The Kier molecular flexibility index (Phi) is 7.95. The molecule has 8 heteroatoms. The van der Waals surface area contributed by atoms with Crippen LogP contribution < -0.4 is 0 Å². The first-order chi connectivity index (χ1) is 10.1. The van der Waals surface area contributed by atoms with Gasteiger partial charge in [0.1, 0.15) is 0 Å². The molecule has 1 fully saturated rings. The van der Waals surface area contributed by atoms with Gasteiger partial charge in [0.2, 0.25) is 0 Å². The Morgan fingerprint density at radius 3 is 2.00 bits per heavy atom. The fourth-order valence-electron chi connectivity index (χ4n) is 2.23. The van der Waals surface area contributed by atoms with E-state index in [0.29, 0.717) is 13.2 Å². The van der Waals surface area contributed by atoms with Crippen molar-refractivity contribution in [1.82, 2.24) is 9.96 Å². The van der Waals surface area contributed by atoms with Crippen molar-refractivity contribution in [1.29, 1.82) is 0 Å². The van der Waals surface area contributed by atoms with Crippen molar-refractivity contribution in [2.45, 2.75) is 38.5 Å². The topological polar surface area (TPSA) is 84.0 Å². The van der Waals surface area contributed by atoms with E-state index in [1.165, 1.54) is 17.1 Å². The maximum absolute atomic E-state index is 11.3. The Balaban J connectivity index is 0.00000242. The molecule has 0 atom stereocenters. The van der Waals surface area contributed by atoms with Gasteiger partial charge in [-0.3, -0.25) is 28.9 Å². The molecule has 0 aromatic carbocycles. The van der Waals surface area contributed by atoms with Crippen molar-refractivity contribution in [3.05, 3.63) is 12.2 Å². The predicted octanol–water partition coefficient (Wildman–Crippen LogP) is -0.0961. The van der Waals surface area contributed by atoms with E-state index in [4.69, 9.17) is 4.84 Å². The second-order valence-corrected chi connectivity index (χ2v) is 4.99. The summed E-state index contributed by atoms with van der Waals surface area (Å²) in [7, 11) is 0. The third kappa shape index (κ3) is 5.01. The van der Waals surface area contributed by atoms with Crippen LogP contribution in [0.3, 0.4) is 0 Å². The number of carbonyl (C=O) groups excluding carboxylic acids is 4. The van der Waals surface area contributed by atoms with Gasteiger partial charge in [0.15, 0.2) is 0 Å². The van der Waals surface area contributed by atoms with Crippen LogP contribution in [0, 0.1) is 0 Å². The minimum atomic E-state index is -0.279. The molecule has 0 saturated carbocycles. The van der Waals surface area contributed by atoms with Crippen LogP contribution in [0.4, 0.5) is 0 Å². The third-order valence-electron chi connectivity index (χ3n) is 3.40. The van der Waals surface area contributed by atoms with E-state index in [9.17, 15) is 19.2 Å². The zero-order chi connectivity index (χ0) is 15.2. The van der Waals surface area contributed by atoms with E-state index in [0.717, 1.165) is 30.7 Å². The van der Waals surface area contributed by atoms with Crippen LogP contribution >= 0.6 is 0 Å². The van der Waals surface area contributed by atoms with Crippen LogP contribution in [0.15, 0.2) is 12.2 Å². The third-order valence-corrected chi connectivity index (χ3v) is 3.40. The molecule has 0 unspecified atom stereocenters. The molecule has 0 aromatic heterocycles. The molecule has 116 valence electrons. The van der Waals surface area contributed by atoms with E-state index in [1.54, 1.807) is 0 Å². The molecule has 1 saturated heterocycles. The Morgan fingerprint density at radius 1 is 0.864 bits per heavy atom. The van der Waals surface area contributed by atoms with Gasteiger partial charge < -0.3 is 0 Å². The number of amides is 4. The normalized spacial score (nSPS) is 17.6. The number of carbonyl (C=O) groups is 4. The average molecular weight is 318 g/mol. The van der Waals surface area contributed by atoms with Gasteiger partial charge in [-0.2, -0.15) is 5.06 Å². The molecular formula is C14H19N2NaO5. The SMILES string of the molecule is O=C1C=CC(=O)N1CCCCCCON1C(=O)CCC1=O.[NaH]. The molecule has 0 bridgehead atoms. The number of hydroxylamine groups is 2. The molecule has 0 radical (unpaired) electrons. The van der Waals surface area contributed by atoms with E-state index in [-0.39, 0.29) is 66.0 Å². The van der Waals surface area contributed by atoms with Crippen molar-refractivity contribution in [3.63, 3.8) is 0 Å². The average Bonchev–Trinajstić information content (AvgIpc) is 2.94. The molecule has 2 aliphatic rings. The summed E-state index contributed by atoms with van der Waals surface area (Å²) in [5, 5.41) is 0.854. The van der Waals surface area contributed by atoms with Crippen molar-refractivity contribution >= 4 is 53.2 Å². The van der Waals surface area contributed by atoms with Gasteiger partial charge in [-0.15, -0.1) is 0 Å². The molecule has 4 amide bonds. The Morgan fingerprint density at radius 2 is 1.41 bits per heavy atom. The van der Waals surface area contributed by atoms with E-state index in [2.05, 4.69) is 0 Å². The van der Waals surface area contributed by atoms with Gasteiger partial charge in [-0.05, 0) is 12.8 Å². The second kappa shape index (κ2) is 9.19.